The van der Waals surface area contributed by atoms with Crippen LogP contribution in [-0.2, 0) is 0 Å². The first-order valence-electron chi connectivity index (χ1n) is 7.29. The van der Waals surface area contributed by atoms with Crippen molar-refractivity contribution in [2.75, 3.05) is 6.61 Å². The molecule has 0 saturated heterocycles. The van der Waals surface area contributed by atoms with Gasteiger partial charge < -0.3 is 4.74 Å². The number of hydrogen-bond acceptors (Lipinski definition) is 1. The van der Waals surface area contributed by atoms with Crippen LogP contribution in [0.2, 0.25) is 0 Å². The van der Waals surface area contributed by atoms with Gasteiger partial charge in [0.1, 0.15) is 5.75 Å². The molecule has 1 heteroatoms. The number of rotatable bonds is 6. The van der Waals surface area contributed by atoms with Gasteiger partial charge in [-0.15, -0.1) is 6.42 Å². The predicted molar refractivity (Wildman–Crippen MR) is 90.2 cm³/mol. The van der Waals surface area contributed by atoms with E-state index in [9.17, 15) is 0 Å². The zero-order chi connectivity index (χ0) is 14.9. The smallest absolute Gasteiger partial charge is 0.119 e. The Morgan fingerprint density at radius 1 is 0.952 bits per heavy atom. The molecule has 0 unspecified atom stereocenters. The first-order valence-corrected chi connectivity index (χ1v) is 7.29. The minimum Gasteiger partial charge on any atom is -0.494 e. The van der Waals surface area contributed by atoms with E-state index in [4.69, 9.17) is 11.2 Å². The van der Waals surface area contributed by atoms with Crippen LogP contribution in [0.5, 0.6) is 5.75 Å². The Bertz CT molecular complexity index is 612. The quantitative estimate of drug-likeness (QED) is 0.409. The van der Waals surface area contributed by atoms with E-state index in [1.54, 1.807) is 0 Å². The molecule has 2 aromatic carbocycles. The van der Waals surface area contributed by atoms with Crippen molar-refractivity contribution < 1.29 is 4.74 Å². The lowest BCUT2D eigenvalue weighted by atomic mass is 10.1. The molecule has 0 aliphatic heterocycles. The lowest BCUT2D eigenvalue weighted by molar-refractivity contribution is 0.309. The average molecular weight is 276 g/mol. The first-order chi connectivity index (χ1) is 10.3. The minimum absolute atomic E-state index is 0.785. The van der Waals surface area contributed by atoms with Crippen LogP contribution >= 0.6 is 0 Å². The van der Waals surface area contributed by atoms with Gasteiger partial charge in [-0.05, 0) is 41.8 Å². The molecule has 0 aliphatic rings. The summed E-state index contributed by atoms with van der Waals surface area (Å²) < 4.78 is 5.65. The Hall–Kier alpha value is -2.46. The lowest BCUT2D eigenvalue weighted by Crippen LogP contribution is -1.95. The number of terminal acetylenes is 1. The molecular formula is C20H20O. The molecule has 0 aromatic heterocycles. The fourth-order valence-electron chi connectivity index (χ4n) is 1.89. The van der Waals surface area contributed by atoms with Gasteiger partial charge in [0.2, 0.25) is 0 Å². The molecule has 0 fully saturated rings. The van der Waals surface area contributed by atoms with Gasteiger partial charge in [-0.2, -0.15) is 0 Å². The molecule has 0 bridgehead atoms. The van der Waals surface area contributed by atoms with Gasteiger partial charge in [-0.1, -0.05) is 55.7 Å². The number of ether oxygens (including phenoxy) is 1. The van der Waals surface area contributed by atoms with Crippen molar-refractivity contribution in [1.82, 2.24) is 0 Å². The van der Waals surface area contributed by atoms with Crippen molar-refractivity contribution >= 4 is 12.2 Å². The molecule has 21 heavy (non-hydrogen) atoms. The minimum atomic E-state index is 0.785. The summed E-state index contributed by atoms with van der Waals surface area (Å²) in [5.41, 5.74) is 3.19. The van der Waals surface area contributed by atoms with Crippen molar-refractivity contribution in [3.05, 3.63) is 65.2 Å². The van der Waals surface area contributed by atoms with Crippen LogP contribution in [0, 0.1) is 12.3 Å². The van der Waals surface area contributed by atoms with Crippen LogP contribution in [0.4, 0.5) is 0 Å². The van der Waals surface area contributed by atoms with Crippen molar-refractivity contribution in [2.45, 2.75) is 19.8 Å². The highest BCUT2D eigenvalue weighted by molar-refractivity contribution is 5.70. The van der Waals surface area contributed by atoms with Gasteiger partial charge in [-0.25, -0.2) is 0 Å². The number of hydrogen-bond donors (Lipinski definition) is 0. The highest BCUT2D eigenvalue weighted by Gasteiger charge is 1.94. The summed E-state index contributed by atoms with van der Waals surface area (Å²) >= 11 is 0. The molecule has 0 aliphatic carbocycles. The third-order valence-corrected chi connectivity index (χ3v) is 3.19. The van der Waals surface area contributed by atoms with E-state index >= 15 is 0 Å². The summed E-state index contributed by atoms with van der Waals surface area (Å²) in [6.07, 6.45) is 11.7. The maximum absolute atomic E-state index is 5.65. The lowest BCUT2D eigenvalue weighted by Gasteiger charge is -2.05. The summed E-state index contributed by atoms with van der Waals surface area (Å²) in [4.78, 5) is 0. The van der Waals surface area contributed by atoms with Gasteiger partial charge >= 0.3 is 0 Å². The second kappa shape index (κ2) is 7.97. The molecule has 0 atom stereocenters. The van der Waals surface area contributed by atoms with Crippen LogP contribution < -0.4 is 4.74 Å². The van der Waals surface area contributed by atoms with Crippen LogP contribution in [0.1, 0.15) is 36.5 Å². The second-order valence-corrected chi connectivity index (χ2v) is 4.87. The molecule has 0 heterocycles. The van der Waals surface area contributed by atoms with Gasteiger partial charge in [-0.3, -0.25) is 0 Å². The predicted octanol–water partition coefficient (Wildman–Crippen LogP) is 5.02. The average Bonchev–Trinajstić information content (AvgIpc) is 2.55. The van der Waals surface area contributed by atoms with Crippen molar-refractivity contribution in [3.8, 4) is 18.1 Å². The normalized spacial score (nSPS) is 10.5. The molecule has 106 valence electrons. The third kappa shape index (κ3) is 4.85. The van der Waals surface area contributed by atoms with Crippen molar-refractivity contribution in [1.29, 1.82) is 0 Å². The summed E-state index contributed by atoms with van der Waals surface area (Å²) in [5, 5.41) is 0. The van der Waals surface area contributed by atoms with Gasteiger partial charge in [0.25, 0.3) is 0 Å². The van der Waals surface area contributed by atoms with Crippen LogP contribution in [-0.4, -0.2) is 6.61 Å². The maximum atomic E-state index is 5.65. The van der Waals surface area contributed by atoms with Gasteiger partial charge in [0.15, 0.2) is 0 Å². The summed E-state index contributed by atoms with van der Waals surface area (Å²) in [5.74, 6) is 3.55. The molecule has 2 rings (SSSR count). The summed E-state index contributed by atoms with van der Waals surface area (Å²) in [6, 6.07) is 16.1. The Kier molecular flexibility index (Phi) is 5.67. The Labute approximate surface area is 127 Å². The molecule has 0 radical (unpaired) electrons. The molecule has 1 nitrogen and oxygen atoms in total. The molecule has 2 aromatic rings. The SMILES string of the molecule is C#Cc1ccc(/C=C/c2ccc(OCCCC)cc2)cc1. The molecule has 0 spiro atoms. The topological polar surface area (TPSA) is 9.23 Å². The van der Waals surface area contributed by atoms with Crippen LogP contribution in [0.25, 0.3) is 12.2 Å². The molecule has 0 amide bonds. The zero-order valence-corrected chi connectivity index (χ0v) is 12.4. The van der Waals surface area contributed by atoms with Crippen molar-refractivity contribution in [3.63, 3.8) is 0 Å². The van der Waals surface area contributed by atoms with Gasteiger partial charge in [0.05, 0.1) is 6.61 Å². The highest BCUT2D eigenvalue weighted by Crippen LogP contribution is 2.15. The van der Waals surface area contributed by atoms with E-state index in [1.165, 1.54) is 0 Å². The highest BCUT2D eigenvalue weighted by atomic mass is 16.5. The number of unbranched alkanes of at least 4 members (excludes halogenated alkanes) is 1. The maximum Gasteiger partial charge on any atom is 0.119 e. The monoisotopic (exact) mass is 276 g/mol. The van der Waals surface area contributed by atoms with E-state index in [1.807, 2.05) is 36.4 Å². The van der Waals surface area contributed by atoms with Crippen molar-refractivity contribution in [2.24, 2.45) is 0 Å². The fraction of sp³-hybridized carbons (Fsp3) is 0.200. The molecule has 0 N–H and O–H groups in total. The first kappa shape index (κ1) is 14.9. The largest absolute Gasteiger partial charge is 0.494 e. The Morgan fingerprint density at radius 3 is 2.05 bits per heavy atom. The second-order valence-electron chi connectivity index (χ2n) is 4.87. The Balaban J connectivity index is 1.95. The van der Waals surface area contributed by atoms with E-state index in [0.717, 1.165) is 41.9 Å². The third-order valence-electron chi connectivity index (χ3n) is 3.19. The standard InChI is InChI=1S/C20H20O/c1-3-5-16-21-20-14-12-19(13-15-20)11-10-18-8-6-17(4-2)7-9-18/h2,6-15H,3,5,16H2,1H3/b11-10+. The van der Waals surface area contributed by atoms with E-state index in [-0.39, 0.29) is 0 Å². The van der Waals surface area contributed by atoms with E-state index < -0.39 is 0 Å². The van der Waals surface area contributed by atoms with Crippen LogP contribution in [0.3, 0.4) is 0 Å². The van der Waals surface area contributed by atoms with E-state index in [0.29, 0.717) is 0 Å². The van der Waals surface area contributed by atoms with Crippen LogP contribution in [0.15, 0.2) is 48.5 Å². The summed E-state index contributed by atoms with van der Waals surface area (Å²) in [7, 11) is 0. The molecule has 0 saturated carbocycles. The summed E-state index contributed by atoms with van der Waals surface area (Å²) in [6.45, 7) is 2.95. The van der Waals surface area contributed by atoms with E-state index in [2.05, 4.69) is 37.1 Å². The molecular weight excluding hydrogens is 256 g/mol. The van der Waals surface area contributed by atoms with Gasteiger partial charge in [0, 0.05) is 5.56 Å². The zero-order valence-electron chi connectivity index (χ0n) is 12.4. The Morgan fingerprint density at radius 2 is 1.52 bits per heavy atom. The fourth-order valence-corrected chi connectivity index (χ4v) is 1.89. The number of benzene rings is 2.